The lowest BCUT2D eigenvalue weighted by molar-refractivity contribution is -0.119. The highest BCUT2D eigenvalue weighted by Crippen LogP contribution is 2.23. The van der Waals surface area contributed by atoms with Crippen molar-refractivity contribution in [2.24, 2.45) is 5.10 Å². The van der Waals surface area contributed by atoms with Crippen LogP contribution in [0.1, 0.15) is 16.8 Å². The summed E-state index contributed by atoms with van der Waals surface area (Å²) in [6, 6.07) is 7.23. The van der Waals surface area contributed by atoms with Crippen LogP contribution in [-0.2, 0) is 11.4 Å². The molecule has 0 saturated heterocycles. The maximum atomic E-state index is 11.9. The van der Waals surface area contributed by atoms with Crippen molar-refractivity contribution in [3.05, 3.63) is 47.3 Å². The van der Waals surface area contributed by atoms with Crippen molar-refractivity contribution in [3.63, 3.8) is 0 Å². The molecule has 25 heavy (non-hydrogen) atoms. The molecule has 8 heteroatoms. The van der Waals surface area contributed by atoms with Gasteiger partial charge in [0, 0.05) is 17.3 Å². The van der Waals surface area contributed by atoms with Crippen molar-refractivity contribution in [1.82, 2.24) is 10.4 Å². The summed E-state index contributed by atoms with van der Waals surface area (Å²) in [5.74, 6) is 0.165. The quantitative estimate of drug-likeness (QED) is 0.442. The van der Waals surface area contributed by atoms with Gasteiger partial charge in [-0.2, -0.15) is 5.10 Å². The van der Waals surface area contributed by atoms with Crippen molar-refractivity contribution in [1.29, 1.82) is 0 Å². The van der Waals surface area contributed by atoms with E-state index in [9.17, 15) is 15.0 Å². The van der Waals surface area contributed by atoms with E-state index in [0.29, 0.717) is 28.3 Å². The predicted octanol–water partition coefficient (Wildman–Crippen LogP) is 1.16. The monoisotopic (exact) mass is 344 g/mol. The lowest BCUT2D eigenvalue weighted by Crippen LogP contribution is -2.26. The highest BCUT2D eigenvalue weighted by Gasteiger charge is 2.09. The van der Waals surface area contributed by atoms with Gasteiger partial charge in [-0.1, -0.05) is 12.1 Å². The molecule has 0 radical (unpaired) electrons. The standard InChI is InChI=1S/C17H20N4O4/c1-11-17(24)13(12(10-22)7-18-11)8-20-21-16(23)9-19-14-5-3-4-6-15(14)25-2/h3-8,19,22,24H,9-10H2,1-2H3,(H,21,23)/b20-8+. The topological polar surface area (TPSA) is 116 Å². The van der Waals surface area contributed by atoms with E-state index in [1.54, 1.807) is 26.2 Å². The number of aliphatic hydroxyl groups is 1. The zero-order valence-corrected chi connectivity index (χ0v) is 14.0. The van der Waals surface area contributed by atoms with Crippen molar-refractivity contribution >= 4 is 17.8 Å². The number of carbonyl (C=O) groups excluding carboxylic acids is 1. The third-order valence-corrected chi connectivity index (χ3v) is 3.46. The van der Waals surface area contributed by atoms with Crippen LogP contribution < -0.4 is 15.5 Å². The summed E-state index contributed by atoms with van der Waals surface area (Å²) < 4.78 is 5.19. The van der Waals surface area contributed by atoms with Gasteiger partial charge < -0.3 is 20.3 Å². The lowest BCUT2D eigenvalue weighted by atomic mass is 10.1. The Labute approximate surface area is 145 Å². The van der Waals surface area contributed by atoms with Gasteiger partial charge in [0.25, 0.3) is 5.91 Å². The van der Waals surface area contributed by atoms with Gasteiger partial charge in [-0.05, 0) is 19.1 Å². The van der Waals surface area contributed by atoms with Gasteiger partial charge in [-0.15, -0.1) is 0 Å². The number of ether oxygens (including phenoxy) is 1. The number of benzene rings is 1. The van der Waals surface area contributed by atoms with Crippen molar-refractivity contribution < 1.29 is 19.7 Å². The first-order valence-corrected chi connectivity index (χ1v) is 7.54. The smallest absolute Gasteiger partial charge is 0.259 e. The zero-order chi connectivity index (χ0) is 18.2. The number of methoxy groups -OCH3 is 1. The molecule has 0 spiro atoms. The number of carbonyl (C=O) groups is 1. The summed E-state index contributed by atoms with van der Waals surface area (Å²) in [7, 11) is 1.55. The number of hydrogen-bond donors (Lipinski definition) is 4. The van der Waals surface area contributed by atoms with Gasteiger partial charge >= 0.3 is 0 Å². The van der Waals surface area contributed by atoms with E-state index in [-0.39, 0.29) is 24.8 Å². The molecule has 1 amide bonds. The lowest BCUT2D eigenvalue weighted by Gasteiger charge is -2.10. The maximum Gasteiger partial charge on any atom is 0.259 e. The number of rotatable bonds is 7. The molecular formula is C17H20N4O4. The molecule has 1 aromatic heterocycles. The van der Waals surface area contributed by atoms with Gasteiger partial charge in [-0.25, -0.2) is 5.43 Å². The second kappa shape index (κ2) is 8.65. The van der Waals surface area contributed by atoms with Gasteiger partial charge in [-0.3, -0.25) is 9.78 Å². The molecule has 1 aromatic carbocycles. The minimum atomic E-state index is -0.377. The molecule has 132 valence electrons. The van der Waals surface area contributed by atoms with Crippen LogP contribution in [0.15, 0.2) is 35.6 Å². The van der Waals surface area contributed by atoms with Crippen LogP contribution in [0, 0.1) is 6.92 Å². The Kier molecular flexibility index (Phi) is 6.30. The number of hydrazone groups is 1. The molecule has 2 aromatic rings. The first kappa shape index (κ1) is 18.2. The van der Waals surface area contributed by atoms with Gasteiger partial charge in [0.2, 0.25) is 0 Å². The van der Waals surface area contributed by atoms with Gasteiger partial charge in [0.15, 0.2) is 0 Å². The summed E-state index contributed by atoms with van der Waals surface area (Å²) in [6.07, 6.45) is 2.72. The van der Waals surface area contributed by atoms with Crippen LogP contribution in [0.3, 0.4) is 0 Å². The number of amides is 1. The average Bonchev–Trinajstić information content (AvgIpc) is 2.63. The fourth-order valence-electron chi connectivity index (χ4n) is 2.10. The summed E-state index contributed by atoms with van der Waals surface area (Å²) in [5.41, 5.74) is 4.17. The number of anilines is 1. The predicted molar refractivity (Wildman–Crippen MR) is 93.8 cm³/mol. The molecule has 0 aliphatic heterocycles. The van der Waals surface area contributed by atoms with Crippen molar-refractivity contribution in [2.45, 2.75) is 13.5 Å². The molecular weight excluding hydrogens is 324 g/mol. The van der Waals surface area contributed by atoms with E-state index in [1.165, 1.54) is 12.4 Å². The minimum Gasteiger partial charge on any atom is -0.505 e. The van der Waals surface area contributed by atoms with E-state index in [4.69, 9.17) is 4.74 Å². The number of nitrogens with one attached hydrogen (secondary N) is 2. The van der Waals surface area contributed by atoms with Crippen LogP contribution in [0.2, 0.25) is 0 Å². The number of aryl methyl sites for hydroxylation is 1. The van der Waals surface area contributed by atoms with Gasteiger partial charge in [0.05, 0.1) is 37.9 Å². The molecule has 4 N–H and O–H groups in total. The first-order valence-electron chi connectivity index (χ1n) is 7.54. The van der Waals surface area contributed by atoms with Gasteiger partial charge in [0.1, 0.15) is 11.5 Å². The Morgan fingerprint density at radius 2 is 2.16 bits per heavy atom. The average molecular weight is 344 g/mol. The summed E-state index contributed by atoms with van der Waals surface area (Å²) in [4.78, 5) is 15.8. The second-order valence-corrected chi connectivity index (χ2v) is 5.14. The number of aliphatic hydroxyl groups excluding tert-OH is 1. The molecule has 0 unspecified atom stereocenters. The number of aromatic nitrogens is 1. The summed E-state index contributed by atoms with van der Waals surface area (Å²) in [5, 5.41) is 26.0. The highest BCUT2D eigenvalue weighted by molar-refractivity contribution is 5.87. The van der Waals surface area contributed by atoms with Crippen LogP contribution in [-0.4, -0.2) is 41.0 Å². The first-order chi connectivity index (χ1) is 12.1. The van der Waals surface area contributed by atoms with Crippen LogP contribution >= 0.6 is 0 Å². The maximum absolute atomic E-state index is 11.9. The molecule has 0 saturated carbocycles. The Bertz CT molecular complexity index is 777. The Balaban J connectivity index is 1.96. The fraction of sp³-hybridized carbons (Fsp3) is 0.235. The Morgan fingerprint density at radius 3 is 2.88 bits per heavy atom. The molecule has 0 aliphatic rings. The number of nitrogens with zero attached hydrogens (tertiary/aromatic N) is 2. The molecule has 2 rings (SSSR count). The fourth-order valence-corrected chi connectivity index (χ4v) is 2.10. The molecule has 1 heterocycles. The molecule has 0 aliphatic carbocycles. The van der Waals surface area contributed by atoms with Crippen LogP contribution in [0.4, 0.5) is 5.69 Å². The highest BCUT2D eigenvalue weighted by atomic mass is 16.5. The van der Waals surface area contributed by atoms with E-state index < -0.39 is 0 Å². The zero-order valence-electron chi connectivity index (χ0n) is 14.0. The molecule has 8 nitrogen and oxygen atoms in total. The Hall–Kier alpha value is -3.13. The largest absolute Gasteiger partial charge is 0.505 e. The molecule has 0 fully saturated rings. The SMILES string of the molecule is COc1ccccc1NCC(=O)N/N=C/c1c(CO)cnc(C)c1O. The minimum absolute atomic E-state index is 0.00801. The molecule has 0 atom stereocenters. The molecule has 0 bridgehead atoms. The van der Waals surface area contributed by atoms with Crippen molar-refractivity contribution in [2.75, 3.05) is 19.0 Å². The van der Waals surface area contributed by atoms with Crippen molar-refractivity contribution in [3.8, 4) is 11.5 Å². The van der Waals surface area contributed by atoms with E-state index in [0.717, 1.165) is 0 Å². The van der Waals surface area contributed by atoms with E-state index in [1.807, 2.05) is 12.1 Å². The Morgan fingerprint density at radius 1 is 1.40 bits per heavy atom. The number of pyridine rings is 1. The summed E-state index contributed by atoms with van der Waals surface area (Å²) >= 11 is 0. The number of aromatic hydroxyl groups is 1. The van der Waals surface area contributed by atoms with Crippen LogP contribution in [0.5, 0.6) is 11.5 Å². The van der Waals surface area contributed by atoms with E-state index >= 15 is 0 Å². The number of para-hydroxylation sites is 2. The van der Waals surface area contributed by atoms with Crippen LogP contribution in [0.25, 0.3) is 0 Å². The van der Waals surface area contributed by atoms with E-state index in [2.05, 4.69) is 20.8 Å². The third kappa shape index (κ3) is 4.67. The third-order valence-electron chi connectivity index (χ3n) is 3.46. The number of hydrogen-bond acceptors (Lipinski definition) is 7. The summed E-state index contributed by atoms with van der Waals surface area (Å²) in [6.45, 7) is 1.32. The second-order valence-electron chi connectivity index (χ2n) is 5.14. The normalized spacial score (nSPS) is 10.7.